The third-order valence-electron chi connectivity index (χ3n) is 2.77. The molecule has 18 heavy (non-hydrogen) atoms. The van der Waals surface area contributed by atoms with Crippen molar-refractivity contribution >= 4 is 5.97 Å². The average Bonchev–Trinajstić information content (AvgIpc) is 2.44. The molecule has 0 saturated carbocycles. The number of carbonyl (C=O) groups is 1. The fourth-order valence-corrected chi connectivity index (χ4v) is 1.42. The molecule has 0 radical (unpaired) electrons. The zero-order chi connectivity index (χ0) is 13.6. The van der Waals surface area contributed by atoms with Crippen molar-refractivity contribution in [3.8, 4) is 11.5 Å². The molecule has 100 valence electrons. The van der Waals surface area contributed by atoms with Gasteiger partial charge in [0.05, 0.1) is 14.2 Å². The normalized spacial score (nSPS) is 13.6. The summed E-state index contributed by atoms with van der Waals surface area (Å²) in [4.78, 5) is 11.6. The molecular weight excluding hydrogens is 234 g/mol. The van der Waals surface area contributed by atoms with E-state index in [1.54, 1.807) is 33.2 Å². The van der Waals surface area contributed by atoms with Crippen molar-refractivity contribution in [1.29, 1.82) is 0 Å². The van der Waals surface area contributed by atoms with E-state index in [4.69, 9.17) is 14.2 Å². The lowest BCUT2D eigenvalue weighted by atomic mass is 10.1. The summed E-state index contributed by atoms with van der Waals surface area (Å²) in [6, 6.07) is 7.27. The second-order valence-corrected chi connectivity index (χ2v) is 4.01. The van der Waals surface area contributed by atoms with E-state index in [2.05, 4.69) is 5.32 Å². The van der Waals surface area contributed by atoms with Gasteiger partial charge in [-0.25, -0.2) is 4.79 Å². The standard InChI is InChI=1S/C13H19NO4/c1-13(14-2,12(15)17-4)9-18-11-8-6-5-7-10(11)16-3/h5-8,14H,9H2,1-4H3. The number of benzene rings is 1. The second-order valence-electron chi connectivity index (χ2n) is 4.01. The molecule has 0 amide bonds. The van der Waals surface area contributed by atoms with Crippen molar-refractivity contribution in [3.63, 3.8) is 0 Å². The molecule has 0 aliphatic rings. The molecular formula is C13H19NO4. The summed E-state index contributed by atoms with van der Waals surface area (Å²) in [5.41, 5.74) is -0.893. The Morgan fingerprint density at radius 2 is 1.89 bits per heavy atom. The Hall–Kier alpha value is -1.75. The largest absolute Gasteiger partial charge is 0.493 e. The van der Waals surface area contributed by atoms with Crippen LogP contribution in [-0.4, -0.2) is 39.4 Å². The van der Waals surface area contributed by atoms with Crippen LogP contribution in [0.2, 0.25) is 0 Å². The number of esters is 1. The molecule has 1 rings (SSSR count). The van der Waals surface area contributed by atoms with Crippen LogP contribution in [-0.2, 0) is 9.53 Å². The van der Waals surface area contributed by atoms with Gasteiger partial charge in [0.25, 0.3) is 0 Å². The summed E-state index contributed by atoms with van der Waals surface area (Å²) in [7, 11) is 4.60. The van der Waals surface area contributed by atoms with E-state index in [-0.39, 0.29) is 12.6 Å². The number of rotatable bonds is 6. The van der Waals surface area contributed by atoms with Crippen LogP contribution in [0.25, 0.3) is 0 Å². The molecule has 1 N–H and O–H groups in total. The first kappa shape index (κ1) is 14.3. The summed E-state index contributed by atoms with van der Waals surface area (Å²) in [5.74, 6) is 0.839. The summed E-state index contributed by atoms with van der Waals surface area (Å²) < 4.78 is 15.5. The number of ether oxygens (including phenoxy) is 3. The number of hydrogen-bond acceptors (Lipinski definition) is 5. The number of carbonyl (C=O) groups excluding carboxylic acids is 1. The summed E-state index contributed by atoms with van der Waals surface area (Å²) in [5, 5.41) is 2.90. The zero-order valence-electron chi connectivity index (χ0n) is 11.1. The molecule has 0 bridgehead atoms. The maximum atomic E-state index is 11.6. The van der Waals surface area contributed by atoms with Gasteiger partial charge in [0.1, 0.15) is 12.1 Å². The molecule has 5 heteroatoms. The first-order valence-electron chi connectivity index (χ1n) is 5.60. The number of para-hydroxylation sites is 2. The van der Waals surface area contributed by atoms with Gasteiger partial charge in [0.15, 0.2) is 11.5 Å². The van der Waals surface area contributed by atoms with Crippen molar-refractivity contribution < 1.29 is 19.0 Å². The van der Waals surface area contributed by atoms with Gasteiger partial charge in [-0.15, -0.1) is 0 Å². The van der Waals surface area contributed by atoms with Gasteiger partial charge >= 0.3 is 5.97 Å². The van der Waals surface area contributed by atoms with Crippen LogP contribution in [0.4, 0.5) is 0 Å². The van der Waals surface area contributed by atoms with Gasteiger partial charge in [-0.1, -0.05) is 12.1 Å². The highest BCUT2D eigenvalue weighted by Gasteiger charge is 2.33. The predicted molar refractivity (Wildman–Crippen MR) is 68.0 cm³/mol. The van der Waals surface area contributed by atoms with Gasteiger partial charge in [-0.3, -0.25) is 0 Å². The summed E-state index contributed by atoms with van der Waals surface area (Å²) >= 11 is 0. The van der Waals surface area contributed by atoms with Crippen LogP contribution in [0.15, 0.2) is 24.3 Å². The number of hydrogen-bond donors (Lipinski definition) is 1. The number of methoxy groups -OCH3 is 2. The van der Waals surface area contributed by atoms with Gasteiger partial charge < -0.3 is 19.5 Å². The quantitative estimate of drug-likeness (QED) is 0.773. The van der Waals surface area contributed by atoms with E-state index in [9.17, 15) is 4.79 Å². The second kappa shape index (κ2) is 6.26. The molecule has 0 aliphatic carbocycles. The molecule has 0 aromatic heterocycles. The smallest absolute Gasteiger partial charge is 0.329 e. The van der Waals surface area contributed by atoms with Crippen LogP contribution in [0.5, 0.6) is 11.5 Å². The molecule has 0 heterocycles. The third kappa shape index (κ3) is 3.13. The van der Waals surface area contributed by atoms with Crippen LogP contribution in [0, 0.1) is 0 Å². The fourth-order valence-electron chi connectivity index (χ4n) is 1.42. The van der Waals surface area contributed by atoms with E-state index in [1.165, 1.54) is 7.11 Å². The van der Waals surface area contributed by atoms with Crippen LogP contribution < -0.4 is 14.8 Å². The average molecular weight is 253 g/mol. The van der Waals surface area contributed by atoms with Crippen molar-refractivity contribution in [1.82, 2.24) is 5.32 Å². The first-order valence-corrected chi connectivity index (χ1v) is 5.60. The third-order valence-corrected chi connectivity index (χ3v) is 2.77. The summed E-state index contributed by atoms with van der Waals surface area (Å²) in [6.45, 7) is 1.87. The molecule has 0 saturated heterocycles. The SMILES string of the molecule is CNC(C)(COc1ccccc1OC)C(=O)OC. The topological polar surface area (TPSA) is 56.8 Å². The highest BCUT2D eigenvalue weighted by atomic mass is 16.5. The minimum Gasteiger partial charge on any atom is -0.493 e. The molecule has 0 aliphatic heterocycles. The van der Waals surface area contributed by atoms with E-state index in [0.29, 0.717) is 11.5 Å². The minimum atomic E-state index is -0.893. The van der Waals surface area contributed by atoms with Crippen molar-refractivity contribution in [2.75, 3.05) is 27.9 Å². The molecule has 5 nitrogen and oxygen atoms in total. The van der Waals surface area contributed by atoms with Crippen molar-refractivity contribution in [2.45, 2.75) is 12.5 Å². The molecule has 0 spiro atoms. The van der Waals surface area contributed by atoms with Gasteiger partial charge in [-0.2, -0.15) is 0 Å². The fraction of sp³-hybridized carbons (Fsp3) is 0.462. The van der Waals surface area contributed by atoms with Crippen molar-refractivity contribution in [3.05, 3.63) is 24.3 Å². The summed E-state index contributed by atoms with van der Waals surface area (Å²) in [6.07, 6.45) is 0. The first-order chi connectivity index (χ1) is 8.57. The highest BCUT2D eigenvalue weighted by molar-refractivity contribution is 5.80. The Morgan fingerprint density at radius 1 is 1.28 bits per heavy atom. The monoisotopic (exact) mass is 253 g/mol. The molecule has 1 unspecified atom stereocenters. The van der Waals surface area contributed by atoms with E-state index in [0.717, 1.165) is 0 Å². The Labute approximate surface area is 107 Å². The zero-order valence-corrected chi connectivity index (χ0v) is 11.1. The lowest BCUT2D eigenvalue weighted by Crippen LogP contribution is -2.52. The lowest BCUT2D eigenvalue weighted by molar-refractivity contribution is -0.148. The lowest BCUT2D eigenvalue weighted by Gasteiger charge is -2.26. The van der Waals surface area contributed by atoms with Gasteiger partial charge in [0.2, 0.25) is 0 Å². The maximum Gasteiger partial charge on any atom is 0.329 e. The Balaban J connectivity index is 2.77. The minimum absolute atomic E-state index is 0.149. The van der Waals surface area contributed by atoms with Gasteiger partial charge in [0, 0.05) is 0 Å². The Morgan fingerprint density at radius 3 is 2.39 bits per heavy atom. The number of nitrogens with one attached hydrogen (secondary N) is 1. The van der Waals surface area contributed by atoms with Gasteiger partial charge in [-0.05, 0) is 26.1 Å². The van der Waals surface area contributed by atoms with Crippen molar-refractivity contribution in [2.24, 2.45) is 0 Å². The van der Waals surface area contributed by atoms with E-state index < -0.39 is 5.54 Å². The highest BCUT2D eigenvalue weighted by Crippen LogP contribution is 2.26. The predicted octanol–water partition coefficient (Wildman–Crippen LogP) is 1.23. The van der Waals surface area contributed by atoms with E-state index in [1.807, 2.05) is 12.1 Å². The molecule has 1 aromatic rings. The molecule has 1 aromatic carbocycles. The Kier molecular flexibility index (Phi) is 4.97. The molecule has 1 atom stereocenters. The van der Waals surface area contributed by atoms with Crippen LogP contribution in [0.1, 0.15) is 6.92 Å². The molecule has 0 fully saturated rings. The van der Waals surface area contributed by atoms with Crippen LogP contribution >= 0.6 is 0 Å². The van der Waals surface area contributed by atoms with E-state index >= 15 is 0 Å². The van der Waals surface area contributed by atoms with Crippen LogP contribution in [0.3, 0.4) is 0 Å². The maximum absolute atomic E-state index is 11.6. The number of likely N-dealkylation sites (N-methyl/N-ethyl adjacent to an activating group) is 1. The Bertz CT molecular complexity index is 408.